The molecule has 0 fully saturated rings. The van der Waals surface area contributed by atoms with Gasteiger partial charge in [-0.2, -0.15) is 0 Å². The summed E-state index contributed by atoms with van der Waals surface area (Å²) in [5.41, 5.74) is 3.88. The van der Waals surface area contributed by atoms with Gasteiger partial charge >= 0.3 is 0 Å². The van der Waals surface area contributed by atoms with Gasteiger partial charge in [0.2, 0.25) is 0 Å². The topological polar surface area (TPSA) is 77.3 Å². The van der Waals surface area contributed by atoms with Crippen LogP contribution in [0.3, 0.4) is 0 Å². The van der Waals surface area contributed by atoms with E-state index in [2.05, 4.69) is 36.3 Å². The number of Topliss-reactive ketones (excluding diaryl/α,β-unsaturated/α-hetero) is 1. The number of amides is 1. The molecular formula is C23H23ClN4O3. The number of aryl methyl sites for hydroxylation is 1. The predicted octanol–water partition coefficient (Wildman–Crippen LogP) is 4.17. The summed E-state index contributed by atoms with van der Waals surface area (Å²) in [4.78, 5) is 26.0. The monoisotopic (exact) mass is 438 g/mol. The molecule has 1 aliphatic rings. The summed E-state index contributed by atoms with van der Waals surface area (Å²) in [5, 5.41) is 8.71. The van der Waals surface area contributed by atoms with Crippen molar-refractivity contribution in [2.45, 2.75) is 39.8 Å². The molecule has 0 unspecified atom stereocenters. The number of hydrogen-bond donors (Lipinski definition) is 0. The van der Waals surface area contributed by atoms with Crippen LogP contribution in [0.4, 0.5) is 5.69 Å². The second kappa shape index (κ2) is 8.51. The zero-order valence-electron chi connectivity index (χ0n) is 17.6. The van der Waals surface area contributed by atoms with Gasteiger partial charge in [-0.25, -0.2) is 0 Å². The second-order valence-corrected chi connectivity index (χ2v) is 8.34. The van der Waals surface area contributed by atoms with E-state index < -0.39 is 11.7 Å². The highest BCUT2D eigenvalue weighted by Gasteiger charge is 2.35. The molecule has 1 aliphatic heterocycles. The van der Waals surface area contributed by atoms with Gasteiger partial charge in [-0.1, -0.05) is 42.8 Å². The Bertz CT molecular complexity index is 1160. The van der Waals surface area contributed by atoms with Crippen LogP contribution >= 0.6 is 11.6 Å². The van der Waals surface area contributed by atoms with Crippen LogP contribution in [0.5, 0.6) is 5.75 Å². The molecule has 0 saturated carbocycles. The van der Waals surface area contributed by atoms with Crippen LogP contribution in [0.25, 0.3) is 0 Å². The lowest BCUT2D eigenvalue weighted by molar-refractivity contribution is -0.114. The van der Waals surface area contributed by atoms with Crippen molar-refractivity contribution in [2.24, 2.45) is 0 Å². The van der Waals surface area contributed by atoms with Crippen molar-refractivity contribution in [2.75, 3.05) is 11.4 Å². The van der Waals surface area contributed by atoms with Crippen LogP contribution in [0.1, 0.15) is 46.9 Å². The van der Waals surface area contributed by atoms with Crippen molar-refractivity contribution in [3.63, 3.8) is 0 Å². The van der Waals surface area contributed by atoms with Crippen molar-refractivity contribution in [3.8, 4) is 5.75 Å². The van der Waals surface area contributed by atoms with Crippen LogP contribution in [-0.4, -0.2) is 33.2 Å². The highest BCUT2D eigenvalue weighted by molar-refractivity contribution is 6.52. The summed E-state index contributed by atoms with van der Waals surface area (Å²) >= 11 is 5.95. The van der Waals surface area contributed by atoms with Crippen LogP contribution in [0.2, 0.25) is 5.02 Å². The third-order valence-electron chi connectivity index (χ3n) is 5.24. The van der Waals surface area contributed by atoms with Crippen LogP contribution in [0, 0.1) is 6.92 Å². The van der Waals surface area contributed by atoms with E-state index in [0.717, 1.165) is 16.9 Å². The van der Waals surface area contributed by atoms with Gasteiger partial charge < -0.3 is 9.64 Å². The molecule has 0 N–H and O–H groups in total. The highest BCUT2D eigenvalue weighted by Crippen LogP contribution is 2.31. The van der Waals surface area contributed by atoms with E-state index in [1.807, 2.05) is 13.0 Å². The van der Waals surface area contributed by atoms with Gasteiger partial charge in [0.1, 0.15) is 18.1 Å². The van der Waals surface area contributed by atoms with E-state index in [0.29, 0.717) is 47.6 Å². The lowest BCUT2D eigenvalue weighted by Crippen LogP contribution is -2.32. The van der Waals surface area contributed by atoms with Crippen molar-refractivity contribution in [1.82, 2.24) is 15.0 Å². The number of aromatic nitrogens is 3. The standard InChI is InChI=1S/C23H23ClN4O3/c1-14(2)18-6-4-15(3)10-21(18)31-13-17-12-27(26-25-17)8-9-28-20-7-5-16(24)11-19(20)22(29)23(28)30/h4-7,10-12,14H,8-9,13H2,1-3H3. The van der Waals surface area contributed by atoms with E-state index in [1.54, 1.807) is 23.0 Å². The third kappa shape index (κ3) is 4.32. The predicted molar refractivity (Wildman–Crippen MR) is 118 cm³/mol. The minimum atomic E-state index is -0.554. The van der Waals surface area contributed by atoms with Crippen molar-refractivity contribution < 1.29 is 14.3 Å². The second-order valence-electron chi connectivity index (χ2n) is 7.90. The first-order chi connectivity index (χ1) is 14.8. The molecule has 3 aromatic rings. The van der Waals surface area contributed by atoms with Gasteiger partial charge in [-0.15, -0.1) is 5.10 Å². The molecule has 4 rings (SSSR count). The number of halogens is 1. The first-order valence-electron chi connectivity index (χ1n) is 10.1. The molecule has 1 aromatic heterocycles. The Morgan fingerprint density at radius 2 is 1.90 bits per heavy atom. The number of ketones is 1. The Kier molecular flexibility index (Phi) is 5.78. The first kappa shape index (κ1) is 21.1. The number of benzene rings is 2. The molecule has 0 saturated heterocycles. The largest absolute Gasteiger partial charge is 0.487 e. The van der Waals surface area contributed by atoms with E-state index in [1.165, 1.54) is 11.0 Å². The Labute approximate surface area is 185 Å². The number of rotatable bonds is 7. The molecule has 0 radical (unpaired) electrons. The summed E-state index contributed by atoms with van der Waals surface area (Å²) in [6.45, 7) is 7.29. The molecule has 2 aromatic carbocycles. The number of carbonyl (C=O) groups excluding carboxylic acids is 2. The van der Waals surface area contributed by atoms with Gasteiger partial charge in [-0.05, 0) is 48.2 Å². The average molecular weight is 439 g/mol. The molecule has 0 atom stereocenters. The summed E-state index contributed by atoms with van der Waals surface area (Å²) in [6.07, 6.45) is 1.79. The smallest absolute Gasteiger partial charge is 0.299 e. The third-order valence-corrected chi connectivity index (χ3v) is 5.47. The van der Waals surface area contributed by atoms with Gasteiger partial charge in [0.05, 0.1) is 24.0 Å². The van der Waals surface area contributed by atoms with E-state index in [4.69, 9.17) is 16.3 Å². The van der Waals surface area contributed by atoms with Crippen LogP contribution < -0.4 is 9.64 Å². The number of nitrogens with zero attached hydrogens (tertiary/aromatic N) is 4. The van der Waals surface area contributed by atoms with Gasteiger partial charge in [0, 0.05) is 11.6 Å². The molecule has 0 aliphatic carbocycles. The summed E-state index contributed by atoms with van der Waals surface area (Å²) < 4.78 is 7.65. The zero-order chi connectivity index (χ0) is 22.1. The fraction of sp³-hybridized carbons (Fsp3) is 0.304. The Balaban J connectivity index is 1.40. The Morgan fingerprint density at radius 3 is 2.68 bits per heavy atom. The van der Waals surface area contributed by atoms with Gasteiger partial charge in [-0.3, -0.25) is 14.3 Å². The normalized spacial score (nSPS) is 13.3. The number of ether oxygens (including phenoxy) is 1. The summed E-state index contributed by atoms with van der Waals surface area (Å²) in [6, 6.07) is 11.1. The minimum Gasteiger partial charge on any atom is -0.487 e. The Morgan fingerprint density at radius 1 is 1.10 bits per heavy atom. The maximum absolute atomic E-state index is 12.3. The molecule has 1 amide bonds. The lowest BCUT2D eigenvalue weighted by Gasteiger charge is -2.16. The van der Waals surface area contributed by atoms with E-state index in [-0.39, 0.29) is 0 Å². The van der Waals surface area contributed by atoms with E-state index >= 15 is 0 Å². The molecule has 0 bridgehead atoms. The molecule has 31 heavy (non-hydrogen) atoms. The number of carbonyl (C=O) groups is 2. The molecule has 2 heterocycles. The minimum absolute atomic E-state index is 0.297. The maximum atomic E-state index is 12.3. The van der Waals surface area contributed by atoms with Gasteiger partial charge in [0.25, 0.3) is 11.7 Å². The van der Waals surface area contributed by atoms with Crippen molar-refractivity contribution in [3.05, 3.63) is 70.0 Å². The lowest BCUT2D eigenvalue weighted by atomic mass is 10.0. The maximum Gasteiger partial charge on any atom is 0.299 e. The number of anilines is 1. The highest BCUT2D eigenvalue weighted by atomic mass is 35.5. The van der Waals surface area contributed by atoms with E-state index in [9.17, 15) is 9.59 Å². The molecule has 7 nitrogen and oxygen atoms in total. The Hall–Kier alpha value is -3.19. The van der Waals surface area contributed by atoms with Crippen molar-refractivity contribution >= 4 is 29.0 Å². The fourth-order valence-electron chi connectivity index (χ4n) is 3.61. The summed E-state index contributed by atoms with van der Waals surface area (Å²) in [5.74, 6) is 0.108. The van der Waals surface area contributed by atoms with Crippen LogP contribution in [-0.2, 0) is 17.9 Å². The molecule has 8 heteroatoms. The number of fused-ring (bicyclic) bond motifs is 1. The zero-order valence-corrected chi connectivity index (χ0v) is 18.4. The van der Waals surface area contributed by atoms with Crippen LogP contribution in [0.15, 0.2) is 42.6 Å². The quantitative estimate of drug-likeness (QED) is 0.517. The van der Waals surface area contributed by atoms with Gasteiger partial charge in [0.15, 0.2) is 0 Å². The number of hydrogen-bond acceptors (Lipinski definition) is 5. The molecular weight excluding hydrogens is 416 g/mol. The van der Waals surface area contributed by atoms with Crippen molar-refractivity contribution in [1.29, 1.82) is 0 Å². The average Bonchev–Trinajstić information content (AvgIpc) is 3.28. The summed E-state index contributed by atoms with van der Waals surface area (Å²) in [7, 11) is 0. The SMILES string of the molecule is Cc1ccc(C(C)C)c(OCc2cn(CCN3C(=O)C(=O)c4cc(Cl)ccc43)nn2)c1. The fourth-order valence-corrected chi connectivity index (χ4v) is 3.78. The molecule has 160 valence electrons. The first-order valence-corrected chi connectivity index (χ1v) is 10.5. The molecule has 0 spiro atoms.